The maximum atomic E-state index is 11.9. The van der Waals surface area contributed by atoms with Crippen molar-refractivity contribution < 1.29 is 14.3 Å². The molecule has 0 radical (unpaired) electrons. The number of hydrogen-bond acceptors (Lipinski definition) is 5. The molecular weight excluding hydrogens is 374 g/mol. The standard InChI is InChI=1S/C21H27N3O3S/c1-4-15(2)23-21(26)10-11-22-20(25)9-8-17-6-5-7-19(12-17)27-13-18-14-28-16(3)24-18/h5-9,12,14-15H,4,10-11,13H2,1-3H3,(H,22,25)(H,23,26)/b9-8+. The summed E-state index contributed by atoms with van der Waals surface area (Å²) < 4.78 is 5.75. The summed E-state index contributed by atoms with van der Waals surface area (Å²) >= 11 is 1.59. The Morgan fingerprint density at radius 1 is 1.36 bits per heavy atom. The molecule has 1 aromatic carbocycles. The number of aromatic nitrogens is 1. The molecule has 150 valence electrons. The molecule has 0 aliphatic carbocycles. The van der Waals surface area contributed by atoms with Crippen molar-refractivity contribution in [2.24, 2.45) is 0 Å². The minimum atomic E-state index is -0.236. The number of nitrogens with one attached hydrogen (secondary N) is 2. The van der Waals surface area contributed by atoms with Crippen molar-refractivity contribution in [2.75, 3.05) is 6.54 Å². The minimum Gasteiger partial charge on any atom is -0.487 e. The van der Waals surface area contributed by atoms with Crippen LogP contribution in [0.2, 0.25) is 0 Å². The van der Waals surface area contributed by atoms with Gasteiger partial charge >= 0.3 is 0 Å². The van der Waals surface area contributed by atoms with Crippen LogP contribution in [0.3, 0.4) is 0 Å². The predicted molar refractivity (Wildman–Crippen MR) is 112 cm³/mol. The Morgan fingerprint density at radius 3 is 2.89 bits per heavy atom. The van der Waals surface area contributed by atoms with Gasteiger partial charge in [0.15, 0.2) is 0 Å². The second-order valence-electron chi connectivity index (χ2n) is 6.47. The van der Waals surface area contributed by atoms with E-state index in [0.717, 1.165) is 28.4 Å². The molecule has 2 amide bonds. The van der Waals surface area contributed by atoms with Crippen LogP contribution >= 0.6 is 11.3 Å². The Morgan fingerprint density at radius 2 is 2.18 bits per heavy atom. The highest BCUT2D eigenvalue weighted by atomic mass is 32.1. The zero-order valence-electron chi connectivity index (χ0n) is 16.5. The molecule has 0 spiro atoms. The van der Waals surface area contributed by atoms with Crippen molar-refractivity contribution in [3.63, 3.8) is 0 Å². The minimum absolute atomic E-state index is 0.0567. The van der Waals surface area contributed by atoms with Crippen LogP contribution in [0, 0.1) is 6.92 Å². The number of hydrogen-bond donors (Lipinski definition) is 2. The molecule has 0 bridgehead atoms. The van der Waals surface area contributed by atoms with Crippen LogP contribution in [0.25, 0.3) is 6.08 Å². The molecule has 0 saturated heterocycles. The van der Waals surface area contributed by atoms with Crippen LogP contribution in [0.4, 0.5) is 0 Å². The smallest absolute Gasteiger partial charge is 0.244 e. The van der Waals surface area contributed by atoms with Crippen LogP contribution in [0.1, 0.15) is 43.0 Å². The lowest BCUT2D eigenvalue weighted by Crippen LogP contribution is -2.34. The second kappa shape index (κ2) is 11.2. The molecular formula is C21H27N3O3S. The fourth-order valence-electron chi connectivity index (χ4n) is 2.32. The number of carbonyl (C=O) groups is 2. The van der Waals surface area contributed by atoms with Gasteiger partial charge in [-0.3, -0.25) is 9.59 Å². The van der Waals surface area contributed by atoms with Gasteiger partial charge in [0, 0.05) is 30.5 Å². The van der Waals surface area contributed by atoms with Gasteiger partial charge in [0.05, 0.1) is 10.7 Å². The highest BCUT2D eigenvalue weighted by Gasteiger charge is 2.05. The lowest BCUT2D eigenvalue weighted by atomic mass is 10.2. The van der Waals surface area contributed by atoms with Gasteiger partial charge in [-0.1, -0.05) is 19.1 Å². The van der Waals surface area contributed by atoms with E-state index in [2.05, 4.69) is 15.6 Å². The zero-order valence-corrected chi connectivity index (χ0v) is 17.3. The number of benzene rings is 1. The number of aryl methyl sites for hydroxylation is 1. The lowest BCUT2D eigenvalue weighted by molar-refractivity contribution is -0.121. The van der Waals surface area contributed by atoms with Crippen LogP contribution in [-0.2, 0) is 16.2 Å². The van der Waals surface area contributed by atoms with Gasteiger partial charge in [0.2, 0.25) is 11.8 Å². The van der Waals surface area contributed by atoms with E-state index < -0.39 is 0 Å². The Labute approximate surface area is 170 Å². The molecule has 28 heavy (non-hydrogen) atoms. The van der Waals surface area contributed by atoms with Gasteiger partial charge < -0.3 is 15.4 Å². The third-order valence-corrected chi connectivity index (χ3v) is 4.83. The van der Waals surface area contributed by atoms with E-state index in [9.17, 15) is 9.59 Å². The van der Waals surface area contributed by atoms with Gasteiger partial charge in [0.25, 0.3) is 0 Å². The molecule has 0 fully saturated rings. The summed E-state index contributed by atoms with van der Waals surface area (Å²) in [5.74, 6) is 0.425. The highest BCUT2D eigenvalue weighted by molar-refractivity contribution is 7.09. The van der Waals surface area contributed by atoms with E-state index in [0.29, 0.717) is 13.2 Å². The van der Waals surface area contributed by atoms with E-state index in [1.807, 2.05) is 50.4 Å². The van der Waals surface area contributed by atoms with Gasteiger partial charge in [-0.05, 0) is 44.0 Å². The molecule has 0 aliphatic heterocycles. The molecule has 2 aromatic rings. The van der Waals surface area contributed by atoms with Crippen LogP contribution in [0.5, 0.6) is 5.75 Å². The number of amides is 2. The largest absolute Gasteiger partial charge is 0.487 e. The molecule has 2 rings (SSSR count). The number of carbonyl (C=O) groups excluding carboxylic acids is 2. The average molecular weight is 402 g/mol. The first-order valence-corrected chi connectivity index (χ1v) is 10.2. The van der Waals surface area contributed by atoms with Crippen molar-refractivity contribution in [1.29, 1.82) is 0 Å². The maximum Gasteiger partial charge on any atom is 0.244 e. The van der Waals surface area contributed by atoms with Crippen LogP contribution in [0.15, 0.2) is 35.7 Å². The number of thiazole rings is 1. The third kappa shape index (κ3) is 7.92. The van der Waals surface area contributed by atoms with Crippen molar-refractivity contribution in [3.8, 4) is 5.75 Å². The summed E-state index contributed by atoms with van der Waals surface area (Å²) in [5.41, 5.74) is 1.76. The van der Waals surface area contributed by atoms with E-state index in [1.54, 1.807) is 17.4 Å². The van der Waals surface area contributed by atoms with Crippen molar-refractivity contribution >= 4 is 29.2 Å². The highest BCUT2D eigenvalue weighted by Crippen LogP contribution is 2.17. The summed E-state index contributed by atoms with van der Waals surface area (Å²) in [6.07, 6.45) is 4.32. The zero-order chi connectivity index (χ0) is 20.4. The van der Waals surface area contributed by atoms with Crippen molar-refractivity contribution in [3.05, 3.63) is 52.0 Å². The topological polar surface area (TPSA) is 80.3 Å². The number of ether oxygens (including phenoxy) is 1. The first-order valence-electron chi connectivity index (χ1n) is 9.35. The monoisotopic (exact) mass is 401 g/mol. The van der Waals surface area contributed by atoms with Crippen molar-refractivity contribution in [2.45, 2.75) is 46.3 Å². The van der Waals surface area contributed by atoms with Gasteiger partial charge in [-0.2, -0.15) is 0 Å². The summed E-state index contributed by atoms with van der Waals surface area (Å²) in [7, 11) is 0. The summed E-state index contributed by atoms with van der Waals surface area (Å²) in [5, 5.41) is 8.57. The maximum absolute atomic E-state index is 11.9. The lowest BCUT2D eigenvalue weighted by Gasteiger charge is -2.11. The molecule has 1 atom stereocenters. The Kier molecular flexibility index (Phi) is 8.68. The first kappa shape index (κ1) is 21.6. The average Bonchev–Trinajstić information content (AvgIpc) is 3.10. The second-order valence-corrected chi connectivity index (χ2v) is 7.53. The van der Waals surface area contributed by atoms with Crippen LogP contribution < -0.4 is 15.4 Å². The van der Waals surface area contributed by atoms with Crippen LogP contribution in [-0.4, -0.2) is 29.4 Å². The molecule has 6 nitrogen and oxygen atoms in total. The molecule has 1 heterocycles. The summed E-state index contributed by atoms with van der Waals surface area (Å²) in [4.78, 5) is 28.0. The molecule has 7 heteroatoms. The Bertz CT molecular complexity index is 817. The normalized spacial score (nSPS) is 12.0. The fourth-order valence-corrected chi connectivity index (χ4v) is 2.92. The molecule has 0 aliphatic rings. The van der Waals surface area contributed by atoms with E-state index in [4.69, 9.17) is 4.74 Å². The third-order valence-electron chi connectivity index (χ3n) is 4.01. The molecule has 2 N–H and O–H groups in total. The fraction of sp³-hybridized carbons (Fsp3) is 0.381. The number of rotatable bonds is 10. The van der Waals surface area contributed by atoms with E-state index >= 15 is 0 Å². The Hall–Kier alpha value is -2.67. The quantitative estimate of drug-likeness (QED) is 0.598. The van der Waals surface area contributed by atoms with Crippen molar-refractivity contribution in [1.82, 2.24) is 15.6 Å². The van der Waals surface area contributed by atoms with E-state index in [-0.39, 0.29) is 24.3 Å². The SMILES string of the molecule is CCC(C)NC(=O)CCNC(=O)/C=C/c1cccc(OCc2csc(C)n2)c1. The number of nitrogens with zero attached hydrogens (tertiary/aromatic N) is 1. The van der Waals surface area contributed by atoms with Gasteiger partial charge in [0.1, 0.15) is 12.4 Å². The Balaban J connectivity index is 1.76. The molecule has 0 saturated carbocycles. The molecule has 1 unspecified atom stereocenters. The molecule has 1 aromatic heterocycles. The first-order chi connectivity index (χ1) is 13.5. The summed E-state index contributed by atoms with van der Waals surface area (Å²) in [6, 6.07) is 7.65. The predicted octanol–water partition coefficient (Wildman–Crippen LogP) is 3.46. The van der Waals surface area contributed by atoms with Gasteiger partial charge in [-0.25, -0.2) is 4.98 Å². The van der Waals surface area contributed by atoms with Gasteiger partial charge in [-0.15, -0.1) is 11.3 Å². The van der Waals surface area contributed by atoms with E-state index in [1.165, 1.54) is 6.08 Å². The summed E-state index contributed by atoms with van der Waals surface area (Å²) in [6.45, 7) is 6.65.